The van der Waals surface area contributed by atoms with Crippen molar-refractivity contribution in [3.63, 3.8) is 0 Å². The molecule has 8 rings (SSSR count). The molecular formula is C40H29N3. The molecule has 0 saturated carbocycles. The summed E-state index contributed by atoms with van der Waals surface area (Å²) in [7, 11) is 0. The Balaban J connectivity index is 1.20. The molecule has 1 aliphatic rings. The first-order valence-electron chi connectivity index (χ1n) is 14.7. The lowest BCUT2D eigenvalue weighted by atomic mass is 9.97. The Morgan fingerprint density at radius 2 is 1.05 bits per heavy atom. The molecule has 0 saturated heterocycles. The summed E-state index contributed by atoms with van der Waals surface area (Å²) in [6.45, 7) is 0. The van der Waals surface area contributed by atoms with Gasteiger partial charge in [0.2, 0.25) is 0 Å². The largest absolute Gasteiger partial charge is 0.340 e. The molecule has 204 valence electrons. The van der Waals surface area contributed by atoms with Crippen molar-refractivity contribution in [3.05, 3.63) is 180 Å². The maximum absolute atomic E-state index is 5.09. The maximum Gasteiger partial charge on any atom is 0.133 e. The van der Waals surface area contributed by atoms with Gasteiger partial charge in [0, 0.05) is 27.7 Å². The molecule has 1 atom stereocenters. The van der Waals surface area contributed by atoms with Gasteiger partial charge in [0.05, 0.1) is 17.1 Å². The fourth-order valence-electron chi connectivity index (χ4n) is 6.16. The Morgan fingerprint density at radius 1 is 0.488 bits per heavy atom. The smallest absolute Gasteiger partial charge is 0.133 e. The van der Waals surface area contributed by atoms with Crippen LogP contribution in [0, 0.1) is 0 Å². The van der Waals surface area contributed by atoms with E-state index >= 15 is 0 Å². The van der Waals surface area contributed by atoms with Crippen LogP contribution in [0.15, 0.2) is 169 Å². The number of nitrogens with one attached hydrogen (secondary N) is 1. The highest BCUT2D eigenvalue weighted by Crippen LogP contribution is 2.34. The lowest BCUT2D eigenvalue weighted by Gasteiger charge is -2.23. The lowest BCUT2D eigenvalue weighted by Crippen LogP contribution is -2.27. The number of rotatable bonds is 5. The van der Waals surface area contributed by atoms with Crippen LogP contribution in [0.5, 0.6) is 0 Å². The van der Waals surface area contributed by atoms with Gasteiger partial charge >= 0.3 is 0 Å². The Hall–Kier alpha value is -5.67. The Bertz CT molecular complexity index is 2100. The summed E-state index contributed by atoms with van der Waals surface area (Å²) in [4.78, 5) is 5.09. The van der Waals surface area contributed by atoms with Crippen molar-refractivity contribution in [2.45, 2.75) is 6.04 Å². The van der Waals surface area contributed by atoms with Gasteiger partial charge in [0.25, 0.3) is 0 Å². The van der Waals surface area contributed by atoms with Crippen molar-refractivity contribution in [2.75, 3.05) is 0 Å². The monoisotopic (exact) mass is 551 g/mol. The van der Waals surface area contributed by atoms with Gasteiger partial charge < -0.3 is 9.88 Å². The van der Waals surface area contributed by atoms with Gasteiger partial charge in [0.1, 0.15) is 5.84 Å². The average molecular weight is 552 g/mol. The molecule has 43 heavy (non-hydrogen) atoms. The highest BCUT2D eigenvalue weighted by Gasteiger charge is 2.19. The first kappa shape index (κ1) is 25.1. The van der Waals surface area contributed by atoms with Gasteiger partial charge in [-0.05, 0) is 58.7 Å². The Labute approximate surface area is 251 Å². The van der Waals surface area contributed by atoms with E-state index in [4.69, 9.17) is 4.99 Å². The summed E-state index contributed by atoms with van der Waals surface area (Å²) in [5.74, 6) is 0.880. The second-order valence-corrected chi connectivity index (χ2v) is 10.9. The molecule has 7 aromatic rings. The number of nitrogens with zero attached hydrogens (tertiary/aromatic N) is 2. The summed E-state index contributed by atoms with van der Waals surface area (Å²) in [5.41, 5.74) is 10.4. The average Bonchev–Trinajstić information content (AvgIpc) is 3.43. The normalized spacial score (nSPS) is 14.7. The molecule has 6 aromatic carbocycles. The molecule has 3 nitrogen and oxygen atoms in total. The predicted octanol–water partition coefficient (Wildman–Crippen LogP) is 9.58. The lowest BCUT2D eigenvalue weighted by molar-refractivity contribution is 0.880. The predicted molar refractivity (Wildman–Crippen MR) is 179 cm³/mol. The molecule has 0 spiro atoms. The van der Waals surface area contributed by atoms with Crippen molar-refractivity contribution in [3.8, 4) is 16.8 Å². The van der Waals surface area contributed by atoms with Crippen LogP contribution in [0.4, 0.5) is 0 Å². The minimum atomic E-state index is -0.0741. The van der Waals surface area contributed by atoms with Gasteiger partial charge in [-0.1, -0.05) is 127 Å². The third kappa shape index (κ3) is 4.61. The number of aliphatic imine (C=N–C) groups is 1. The third-order valence-corrected chi connectivity index (χ3v) is 8.23. The number of hydrogen-bond acceptors (Lipinski definition) is 2. The maximum atomic E-state index is 5.09. The van der Waals surface area contributed by atoms with E-state index < -0.39 is 0 Å². The van der Waals surface area contributed by atoms with Crippen LogP contribution in [0.1, 0.15) is 22.7 Å². The van der Waals surface area contributed by atoms with Crippen LogP contribution in [-0.4, -0.2) is 10.4 Å². The summed E-state index contributed by atoms with van der Waals surface area (Å²) < 4.78 is 2.37. The van der Waals surface area contributed by atoms with Crippen LogP contribution in [0.3, 0.4) is 0 Å². The van der Waals surface area contributed by atoms with Gasteiger partial charge in [-0.15, -0.1) is 0 Å². The first-order chi connectivity index (χ1) is 21.3. The molecule has 0 radical (unpaired) electrons. The van der Waals surface area contributed by atoms with Crippen molar-refractivity contribution in [1.29, 1.82) is 0 Å². The zero-order valence-corrected chi connectivity index (χ0v) is 23.6. The number of aromatic nitrogens is 1. The van der Waals surface area contributed by atoms with E-state index in [1.54, 1.807) is 0 Å². The SMILES string of the molecule is C1=C(c2cccc(-c3cccc(-n4c5ccccc5c5ccccc54)c3)c2)NC(c2ccccc2)=NC1c1ccccc1. The summed E-state index contributed by atoms with van der Waals surface area (Å²) in [6, 6.07) is 55.7. The second kappa shape index (κ2) is 10.6. The number of fused-ring (bicyclic) bond motifs is 3. The third-order valence-electron chi connectivity index (χ3n) is 8.23. The molecule has 0 aliphatic carbocycles. The van der Waals surface area contributed by atoms with Crippen LogP contribution in [-0.2, 0) is 0 Å². The van der Waals surface area contributed by atoms with Crippen LogP contribution in [0.2, 0.25) is 0 Å². The summed E-state index contributed by atoms with van der Waals surface area (Å²) in [5, 5.41) is 6.18. The fourth-order valence-corrected chi connectivity index (χ4v) is 6.16. The van der Waals surface area contributed by atoms with E-state index in [1.807, 2.05) is 12.1 Å². The van der Waals surface area contributed by atoms with Crippen molar-refractivity contribution in [1.82, 2.24) is 9.88 Å². The molecule has 1 aromatic heterocycles. The highest BCUT2D eigenvalue weighted by atomic mass is 15.0. The van der Waals surface area contributed by atoms with Crippen molar-refractivity contribution >= 4 is 33.3 Å². The minimum Gasteiger partial charge on any atom is -0.340 e. The molecule has 1 unspecified atom stereocenters. The zero-order chi connectivity index (χ0) is 28.6. The molecule has 1 aliphatic heterocycles. The Morgan fingerprint density at radius 3 is 1.77 bits per heavy atom. The minimum absolute atomic E-state index is 0.0741. The van der Waals surface area contributed by atoms with Crippen LogP contribution in [0.25, 0.3) is 44.3 Å². The summed E-state index contributed by atoms with van der Waals surface area (Å²) in [6.07, 6.45) is 2.23. The number of para-hydroxylation sites is 2. The zero-order valence-electron chi connectivity index (χ0n) is 23.6. The fraction of sp³-hybridized carbons (Fsp3) is 0.0250. The van der Waals surface area contributed by atoms with Gasteiger partial charge in [-0.25, -0.2) is 0 Å². The van der Waals surface area contributed by atoms with E-state index in [2.05, 4.69) is 162 Å². The molecular weight excluding hydrogens is 522 g/mol. The molecule has 0 fully saturated rings. The first-order valence-corrected chi connectivity index (χ1v) is 14.7. The molecule has 1 N–H and O–H groups in total. The van der Waals surface area contributed by atoms with Gasteiger partial charge in [-0.2, -0.15) is 0 Å². The van der Waals surface area contributed by atoms with Crippen molar-refractivity contribution < 1.29 is 0 Å². The van der Waals surface area contributed by atoms with Gasteiger partial charge in [-0.3, -0.25) is 4.99 Å². The van der Waals surface area contributed by atoms with E-state index in [1.165, 1.54) is 38.5 Å². The number of benzene rings is 6. The molecule has 3 heteroatoms. The van der Waals surface area contributed by atoms with Gasteiger partial charge in [0.15, 0.2) is 0 Å². The number of amidine groups is 1. The standard InChI is InChI=1S/C40H29N3/c1-3-13-28(14-4-1)36-27-37(42-40(41-36)29-15-5-2-6-16-29)32-19-11-17-30(25-32)31-18-12-20-33(26-31)43-38-23-9-7-21-34(38)35-22-8-10-24-39(35)43/h1-27,36H,(H,41,42). The molecule has 0 bridgehead atoms. The Kier molecular flexibility index (Phi) is 6.20. The second-order valence-electron chi connectivity index (χ2n) is 10.9. The highest BCUT2D eigenvalue weighted by molar-refractivity contribution is 6.09. The van der Waals surface area contributed by atoms with Crippen molar-refractivity contribution in [2.24, 2.45) is 4.99 Å². The number of hydrogen-bond donors (Lipinski definition) is 1. The van der Waals surface area contributed by atoms with E-state index in [0.29, 0.717) is 0 Å². The van der Waals surface area contributed by atoms with Crippen LogP contribution >= 0.6 is 0 Å². The van der Waals surface area contributed by atoms with E-state index in [0.717, 1.165) is 28.3 Å². The topological polar surface area (TPSA) is 29.3 Å². The quantitative estimate of drug-likeness (QED) is 0.227. The van der Waals surface area contributed by atoms with Crippen LogP contribution < -0.4 is 5.32 Å². The molecule has 0 amide bonds. The van der Waals surface area contributed by atoms with E-state index in [9.17, 15) is 0 Å². The van der Waals surface area contributed by atoms with E-state index in [-0.39, 0.29) is 6.04 Å². The molecule has 2 heterocycles. The summed E-state index contributed by atoms with van der Waals surface area (Å²) >= 11 is 0.